The number of nitrogens with two attached hydrogens (primary N) is 1. The smallest absolute Gasteiger partial charge is 0.223 e. The molecular weight excluding hydrogens is 278 g/mol. The summed E-state index contributed by atoms with van der Waals surface area (Å²) in [4.78, 5) is 15.4. The van der Waals surface area contributed by atoms with Gasteiger partial charge in [0, 0.05) is 12.5 Å². The zero-order valence-electron chi connectivity index (χ0n) is 10.8. The third kappa shape index (κ3) is 2.39. The van der Waals surface area contributed by atoms with E-state index in [9.17, 15) is 4.79 Å². The van der Waals surface area contributed by atoms with E-state index in [0.29, 0.717) is 34.8 Å². The van der Waals surface area contributed by atoms with Gasteiger partial charge >= 0.3 is 0 Å². The molecule has 1 aromatic heterocycles. The van der Waals surface area contributed by atoms with Crippen molar-refractivity contribution in [2.24, 2.45) is 0 Å². The maximum absolute atomic E-state index is 11.0. The van der Waals surface area contributed by atoms with Gasteiger partial charge in [0.1, 0.15) is 23.9 Å². The van der Waals surface area contributed by atoms with E-state index in [1.54, 1.807) is 0 Å². The lowest BCUT2D eigenvalue weighted by atomic mass is 10.1. The van der Waals surface area contributed by atoms with Gasteiger partial charge in [-0.3, -0.25) is 4.79 Å². The van der Waals surface area contributed by atoms with E-state index in [1.807, 2.05) is 18.2 Å². The highest BCUT2D eigenvalue weighted by Gasteiger charge is 2.16. The summed E-state index contributed by atoms with van der Waals surface area (Å²) in [6, 6.07) is 5.55. The fraction of sp³-hybridized carbons (Fsp3) is 0.231. The van der Waals surface area contributed by atoms with Gasteiger partial charge in [-0.1, -0.05) is 11.3 Å². The summed E-state index contributed by atoms with van der Waals surface area (Å²) in [5, 5.41) is 3.66. The summed E-state index contributed by atoms with van der Waals surface area (Å²) in [5.74, 6) is 1.23. The van der Waals surface area contributed by atoms with Crippen molar-refractivity contribution >= 4 is 27.4 Å². The molecule has 1 amide bonds. The van der Waals surface area contributed by atoms with Crippen LogP contribution in [-0.2, 0) is 4.79 Å². The van der Waals surface area contributed by atoms with E-state index in [4.69, 9.17) is 15.2 Å². The second kappa shape index (κ2) is 5.01. The van der Waals surface area contributed by atoms with Crippen molar-refractivity contribution in [1.29, 1.82) is 0 Å². The SMILES string of the molecule is CC(=O)Nc1nc(-c2ccc3c(c2)OCCO3)c(N)s1. The van der Waals surface area contributed by atoms with E-state index < -0.39 is 0 Å². The van der Waals surface area contributed by atoms with Crippen molar-refractivity contribution in [2.45, 2.75) is 6.92 Å². The number of anilines is 2. The Hall–Kier alpha value is -2.28. The Morgan fingerprint density at radius 1 is 1.35 bits per heavy atom. The summed E-state index contributed by atoms with van der Waals surface area (Å²) >= 11 is 1.24. The molecule has 1 aromatic carbocycles. The average Bonchev–Trinajstić information content (AvgIpc) is 2.78. The van der Waals surface area contributed by atoms with E-state index in [1.165, 1.54) is 18.3 Å². The van der Waals surface area contributed by atoms with Gasteiger partial charge in [0.05, 0.1) is 0 Å². The Morgan fingerprint density at radius 3 is 2.85 bits per heavy atom. The van der Waals surface area contributed by atoms with Crippen LogP contribution in [0.4, 0.5) is 10.1 Å². The van der Waals surface area contributed by atoms with Crippen LogP contribution in [0.2, 0.25) is 0 Å². The van der Waals surface area contributed by atoms with Gasteiger partial charge in [-0.25, -0.2) is 4.98 Å². The molecule has 20 heavy (non-hydrogen) atoms. The van der Waals surface area contributed by atoms with Crippen LogP contribution in [0.3, 0.4) is 0 Å². The molecule has 3 N–H and O–H groups in total. The molecule has 0 aliphatic carbocycles. The average molecular weight is 291 g/mol. The molecule has 1 aliphatic heterocycles. The van der Waals surface area contributed by atoms with Crippen molar-refractivity contribution < 1.29 is 14.3 Å². The molecule has 0 spiro atoms. The summed E-state index contributed by atoms with van der Waals surface area (Å²) in [6.45, 7) is 2.51. The van der Waals surface area contributed by atoms with Crippen LogP contribution in [0.5, 0.6) is 11.5 Å². The molecule has 2 aromatic rings. The zero-order valence-corrected chi connectivity index (χ0v) is 11.6. The Labute approximate surface area is 119 Å². The van der Waals surface area contributed by atoms with Crippen molar-refractivity contribution in [1.82, 2.24) is 4.98 Å². The number of ether oxygens (including phenoxy) is 2. The van der Waals surface area contributed by atoms with Crippen LogP contribution in [0.1, 0.15) is 6.92 Å². The number of rotatable bonds is 2. The molecule has 0 saturated heterocycles. The topological polar surface area (TPSA) is 86.5 Å². The predicted molar refractivity (Wildman–Crippen MR) is 77.3 cm³/mol. The molecule has 0 atom stereocenters. The van der Waals surface area contributed by atoms with Gasteiger partial charge in [-0.2, -0.15) is 0 Å². The predicted octanol–water partition coefficient (Wildman–Crippen LogP) is 2.12. The number of amides is 1. The van der Waals surface area contributed by atoms with Crippen LogP contribution in [0.25, 0.3) is 11.3 Å². The van der Waals surface area contributed by atoms with Crippen LogP contribution >= 0.6 is 11.3 Å². The summed E-state index contributed by atoms with van der Waals surface area (Å²) in [7, 11) is 0. The van der Waals surface area contributed by atoms with Crippen molar-refractivity contribution in [3.63, 3.8) is 0 Å². The maximum Gasteiger partial charge on any atom is 0.223 e. The number of nitrogen functional groups attached to an aromatic ring is 1. The number of carbonyl (C=O) groups excluding carboxylic acids is 1. The number of nitrogens with one attached hydrogen (secondary N) is 1. The fourth-order valence-electron chi connectivity index (χ4n) is 1.93. The standard InChI is InChI=1S/C13H13N3O3S/c1-7(17)15-13-16-11(12(14)20-13)8-2-3-9-10(6-8)19-5-4-18-9/h2-3,6H,4-5,14H2,1H3,(H,15,16,17). The van der Waals surface area contributed by atoms with Crippen molar-refractivity contribution in [3.05, 3.63) is 18.2 Å². The van der Waals surface area contributed by atoms with E-state index in [2.05, 4.69) is 10.3 Å². The number of hydrogen-bond acceptors (Lipinski definition) is 6. The Balaban J connectivity index is 1.96. The molecule has 3 rings (SSSR count). The number of carbonyl (C=O) groups is 1. The first kappa shape index (κ1) is 12.7. The molecule has 2 heterocycles. The Kier molecular flexibility index (Phi) is 3.19. The lowest BCUT2D eigenvalue weighted by Crippen LogP contribution is -2.15. The van der Waals surface area contributed by atoms with E-state index in [-0.39, 0.29) is 5.91 Å². The third-order valence-corrected chi connectivity index (χ3v) is 3.55. The molecule has 0 saturated carbocycles. The van der Waals surface area contributed by atoms with Gasteiger partial charge in [0.2, 0.25) is 5.91 Å². The second-order valence-electron chi connectivity index (χ2n) is 4.27. The molecule has 7 heteroatoms. The number of hydrogen-bond donors (Lipinski definition) is 2. The second-order valence-corrected chi connectivity index (χ2v) is 5.30. The summed E-state index contributed by atoms with van der Waals surface area (Å²) < 4.78 is 11.0. The number of aromatic nitrogens is 1. The largest absolute Gasteiger partial charge is 0.486 e. The summed E-state index contributed by atoms with van der Waals surface area (Å²) in [5.41, 5.74) is 7.43. The normalized spacial score (nSPS) is 13.1. The third-order valence-electron chi connectivity index (χ3n) is 2.75. The van der Waals surface area contributed by atoms with Crippen LogP contribution in [0.15, 0.2) is 18.2 Å². The summed E-state index contributed by atoms with van der Waals surface area (Å²) in [6.07, 6.45) is 0. The molecule has 0 radical (unpaired) electrons. The highest BCUT2D eigenvalue weighted by atomic mass is 32.1. The van der Waals surface area contributed by atoms with Gasteiger partial charge in [0.25, 0.3) is 0 Å². The number of fused-ring (bicyclic) bond motifs is 1. The number of thiazole rings is 1. The molecule has 0 unspecified atom stereocenters. The lowest BCUT2D eigenvalue weighted by molar-refractivity contribution is -0.114. The molecule has 6 nitrogen and oxygen atoms in total. The van der Waals surface area contributed by atoms with Crippen LogP contribution in [-0.4, -0.2) is 24.1 Å². The lowest BCUT2D eigenvalue weighted by Gasteiger charge is -2.18. The van der Waals surface area contributed by atoms with Crippen LogP contribution in [0, 0.1) is 0 Å². The number of benzene rings is 1. The quantitative estimate of drug-likeness (QED) is 0.885. The Morgan fingerprint density at radius 2 is 2.10 bits per heavy atom. The van der Waals surface area contributed by atoms with Gasteiger partial charge in [0.15, 0.2) is 16.6 Å². The van der Waals surface area contributed by atoms with Gasteiger partial charge in [-0.05, 0) is 18.2 Å². The Bertz CT molecular complexity index is 669. The van der Waals surface area contributed by atoms with Gasteiger partial charge in [-0.15, -0.1) is 0 Å². The minimum Gasteiger partial charge on any atom is -0.486 e. The molecule has 1 aliphatic rings. The first-order valence-corrected chi connectivity index (χ1v) is 6.89. The highest BCUT2D eigenvalue weighted by molar-refractivity contribution is 7.20. The van der Waals surface area contributed by atoms with Crippen molar-refractivity contribution in [3.8, 4) is 22.8 Å². The van der Waals surface area contributed by atoms with Crippen molar-refractivity contribution in [2.75, 3.05) is 24.3 Å². The van der Waals surface area contributed by atoms with Crippen LogP contribution < -0.4 is 20.5 Å². The van der Waals surface area contributed by atoms with E-state index >= 15 is 0 Å². The molecular formula is C13H13N3O3S. The molecule has 104 valence electrons. The van der Waals surface area contributed by atoms with Gasteiger partial charge < -0.3 is 20.5 Å². The first-order valence-electron chi connectivity index (χ1n) is 6.07. The highest BCUT2D eigenvalue weighted by Crippen LogP contribution is 2.38. The minimum absolute atomic E-state index is 0.174. The minimum atomic E-state index is -0.174. The first-order chi connectivity index (χ1) is 9.63. The number of nitrogens with zero attached hydrogens (tertiary/aromatic N) is 1. The monoisotopic (exact) mass is 291 g/mol. The molecule has 0 fully saturated rings. The fourth-order valence-corrected chi connectivity index (χ4v) is 2.73. The maximum atomic E-state index is 11.0. The van der Waals surface area contributed by atoms with E-state index in [0.717, 1.165) is 11.3 Å². The molecule has 0 bridgehead atoms. The zero-order chi connectivity index (χ0) is 14.1.